The number of piperazine rings is 1. The van der Waals surface area contributed by atoms with Crippen molar-refractivity contribution in [3.8, 4) is 11.5 Å². The number of carbonyl (C=O) groups excluding carboxylic acids is 1. The fourth-order valence-electron chi connectivity index (χ4n) is 4.68. The summed E-state index contributed by atoms with van der Waals surface area (Å²) in [6.07, 6.45) is 2.66. The van der Waals surface area contributed by atoms with E-state index in [2.05, 4.69) is 20.9 Å². The third kappa shape index (κ3) is 3.75. The topological polar surface area (TPSA) is 78.8 Å². The maximum Gasteiger partial charge on any atom is 0.225 e. The number of methoxy groups -OCH3 is 1. The molecule has 1 aromatic heterocycles. The first-order valence-corrected chi connectivity index (χ1v) is 10.9. The summed E-state index contributed by atoms with van der Waals surface area (Å²) in [6, 6.07) is 15.3. The molecule has 1 saturated heterocycles. The van der Waals surface area contributed by atoms with Gasteiger partial charge in [-0.1, -0.05) is 30.3 Å². The Hall–Kier alpha value is -3.61. The van der Waals surface area contributed by atoms with E-state index in [4.69, 9.17) is 9.72 Å². The third-order valence-corrected chi connectivity index (χ3v) is 6.39. The molecule has 0 bridgehead atoms. The minimum Gasteiger partial charge on any atom is -0.508 e. The standard InChI is InChI=1S/C25H26N4O3/c1-32-24-9-5-3-7-21(24)28-10-12-29(13-11-28)25-26-16-19-20(27-25)14-17(15-23(19)31)18-6-2-4-8-22(18)30/h2-9,16-17,30H,10-15H2,1H3/t17-/m1/s1. The number of Topliss-reactive ketones (excluding diaryl/α,β-unsaturated/α-hetero) is 1. The highest BCUT2D eigenvalue weighted by Gasteiger charge is 2.30. The Balaban J connectivity index is 1.33. The summed E-state index contributed by atoms with van der Waals surface area (Å²) in [4.78, 5) is 26.5. The van der Waals surface area contributed by atoms with Gasteiger partial charge in [0.2, 0.25) is 5.95 Å². The number of aromatic hydroxyl groups is 1. The van der Waals surface area contributed by atoms with Crippen molar-refractivity contribution in [2.75, 3.05) is 43.1 Å². The number of phenolic OH excluding ortho intramolecular Hbond substituents is 1. The zero-order valence-electron chi connectivity index (χ0n) is 18.1. The second-order valence-corrected chi connectivity index (χ2v) is 8.26. The Bertz CT molecular complexity index is 1140. The van der Waals surface area contributed by atoms with Gasteiger partial charge in [0.25, 0.3) is 0 Å². The summed E-state index contributed by atoms with van der Waals surface area (Å²) >= 11 is 0. The molecule has 2 heterocycles. The van der Waals surface area contributed by atoms with Crippen molar-refractivity contribution in [1.82, 2.24) is 9.97 Å². The summed E-state index contributed by atoms with van der Waals surface area (Å²) in [5.74, 6) is 1.73. The molecule has 2 aliphatic rings. The van der Waals surface area contributed by atoms with Crippen molar-refractivity contribution in [2.24, 2.45) is 0 Å². The number of carbonyl (C=O) groups is 1. The molecule has 7 nitrogen and oxygen atoms in total. The van der Waals surface area contributed by atoms with Crippen LogP contribution in [0.15, 0.2) is 54.7 Å². The SMILES string of the molecule is COc1ccccc1N1CCN(c2ncc3c(n2)C[C@@H](c2ccccc2O)CC3=O)CC1. The normalized spacial score (nSPS) is 18.4. The van der Waals surface area contributed by atoms with Crippen molar-refractivity contribution < 1.29 is 14.6 Å². The smallest absolute Gasteiger partial charge is 0.225 e. The van der Waals surface area contributed by atoms with Crippen molar-refractivity contribution in [1.29, 1.82) is 0 Å². The second kappa shape index (κ2) is 8.49. The molecular weight excluding hydrogens is 404 g/mol. The Morgan fingerprint density at radius 1 is 0.969 bits per heavy atom. The summed E-state index contributed by atoms with van der Waals surface area (Å²) in [7, 11) is 1.69. The lowest BCUT2D eigenvalue weighted by Gasteiger charge is -2.37. The van der Waals surface area contributed by atoms with Crippen LogP contribution in [-0.4, -0.2) is 54.1 Å². The molecule has 32 heavy (non-hydrogen) atoms. The number of hydrogen-bond acceptors (Lipinski definition) is 7. The van der Waals surface area contributed by atoms with Crippen LogP contribution >= 0.6 is 0 Å². The maximum absolute atomic E-state index is 12.7. The van der Waals surface area contributed by atoms with Crippen LogP contribution in [0.1, 0.15) is 34.0 Å². The number of benzene rings is 2. The van der Waals surface area contributed by atoms with Crippen LogP contribution in [0.5, 0.6) is 11.5 Å². The van der Waals surface area contributed by atoms with Gasteiger partial charge in [-0.2, -0.15) is 0 Å². The van der Waals surface area contributed by atoms with Gasteiger partial charge in [-0.3, -0.25) is 4.79 Å². The molecule has 0 saturated carbocycles. The van der Waals surface area contributed by atoms with Gasteiger partial charge in [-0.25, -0.2) is 9.97 Å². The first kappa shape index (κ1) is 20.3. The van der Waals surface area contributed by atoms with E-state index in [1.165, 1.54) is 0 Å². The number of rotatable bonds is 4. The molecule has 0 amide bonds. The monoisotopic (exact) mass is 430 g/mol. The van der Waals surface area contributed by atoms with Gasteiger partial charge in [0, 0.05) is 44.7 Å². The van der Waals surface area contributed by atoms with Gasteiger partial charge in [0.05, 0.1) is 24.1 Å². The first-order valence-electron chi connectivity index (χ1n) is 10.9. The minimum absolute atomic E-state index is 0.0343. The average molecular weight is 431 g/mol. The quantitative estimate of drug-likeness (QED) is 0.679. The Labute approximate surface area is 187 Å². The third-order valence-electron chi connectivity index (χ3n) is 6.39. The van der Waals surface area contributed by atoms with Crippen molar-refractivity contribution >= 4 is 17.4 Å². The summed E-state index contributed by atoms with van der Waals surface area (Å²) < 4.78 is 5.51. The highest BCUT2D eigenvalue weighted by Crippen LogP contribution is 2.36. The highest BCUT2D eigenvalue weighted by molar-refractivity contribution is 5.98. The number of anilines is 2. The molecule has 1 fully saturated rings. The lowest BCUT2D eigenvalue weighted by atomic mass is 9.82. The van der Waals surface area contributed by atoms with E-state index in [9.17, 15) is 9.90 Å². The van der Waals surface area contributed by atoms with E-state index < -0.39 is 0 Å². The fraction of sp³-hybridized carbons (Fsp3) is 0.320. The van der Waals surface area contributed by atoms with Gasteiger partial charge in [0.1, 0.15) is 11.5 Å². The van der Waals surface area contributed by atoms with Gasteiger partial charge < -0.3 is 19.6 Å². The van der Waals surface area contributed by atoms with E-state index >= 15 is 0 Å². The molecule has 1 atom stereocenters. The molecule has 0 radical (unpaired) electrons. The van der Waals surface area contributed by atoms with Crippen LogP contribution < -0.4 is 14.5 Å². The molecule has 164 valence electrons. The second-order valence-electron chi connectivity index (χ2n) is 8.26. The van der Waals surface area contributed by atoms with Crippen LogP contribution in [0, 0.1) is 0 Å². The Morgan fingerprint density at radius 2 is 1.69 bits per heavy atom. The van der Waals surface area contributed by atoms with Crippen LogP contribution in [0.2, 0.25) is 0 Å². The number of fused-ring (bicyclic) bond motifs is 1. The maximum atomic E-state index is 12.7. The number of ether oxygens (including phenoxy) is 1. The first-order chi connectivity index (χ1) is 15.6. The van der Waals surface area contributed by atoms with Gasteiger partial charge in [0.15, 0.2) is 5.78 Å². The lowest BCUT2D eigenvalue weighted by Crippen LogP contribution is -2.47. The molecule has 0 spiro atoms. The van der Waals surface area contributed by atoms with Gasteiger partial charge >= 0.3 is 0 Å². The lowest BCUT2D eigenvalue weighted by molar-refractivity contribution is 0.0962. The predicted molar refractivity (Wildman–Crippen MR) is 123 cm³/mol. The van der Waals surface area contributed by atoms with Crippen molar-refractivity contribution in [3.05, 3.63) is 71.5 Å². The molecular formula is C25H26N4O3. The van der Waals surface area contributed by atoms with E-state index in [0.29, 0.717) is 24.4 Å². The van der Waals surface area contributed by atoms with Crippen LogP contribution in [0.3, 0.4) is 0 Å². The predicted octanol–water partition coefficient (Wildman–Crippen LogP) is 3.43. The summed E-state index contributed by atoms with van der Waals surface area (Å²) in [6.45, 7) is 3.24. The Kier molecular flexibility index (Phi) is 5.39. The summed E-state index contributed by atoms with van der Waals surface area (Å²) in [5.41, 5.74) is 3.27. The molecule has 0 unspecified atom stereocenters. The van der Waals surface area contributed by atoms with Crippen molar-refractivity contribution in [3.63, 3.8) is 0 Å². The number of para-hydroxylation sites is 3. The molecule has 1 aliphatic carbocycles. The average Bonchev–Trinajstić information content (AvgIpc) is 2.84. The zero-order valence-corrected chi connectivity index (χ0v) is 18.1. The molecule has 7 heteroatoms. The van der Waals surface area contributed by atoms with Crippen LogP contribution in [0.4, 0.5) is 11.6 Å². The number of ketones is 1. The highest BCUT2D eigenvalue weighted by atomic mass is 16.5. The Morgan fingerprint density at radius 3 is 2.47 bits per heavy atom. The van der Waals surface area contributed by atoms with Crippen molar-refractivity contribution in [2.45, 2.75) is 18.8 Å². The molecule has 1 aliphatic heterocycles. The van der Waals surface area contributed by atoms with E-state index in [1.54, 1.807) is 25.4 Å². The van der Waals surface area contributed by atoms with Gasteiger partial charge in [-0.05, 0) is 30.2 Å². The summed E-state index contributed by atoms with van der Waals surface area (Å²) in [5, 5.41) is 10.2. The molecule has 2 aromatic carbocycles. The van der Waals surface area contributed by atoms with E-state index in [1.807, 2.05) is 30.3 Å². The van der Waals surface area contributed by atoms with Gasteiger partial charge in [-0.15, -0.1) is 0 Å². The number of hydrogen-bond donors (Lipinski definition) is 1. The van der Waals surface area contributed by atoms with E-state index in [-0.39, 0.29) is 17.5 Å². The zero-order chi connectivity index (χ0) is 22.1. The molecule has 5 rings (SSSR count). The number of phenols is 1. The molecule has 1 N–H and O–H groups in total. The largest absolute Gasteiger partial charge is 0.508 e. The molecule has 3 aromatic rings. The van der Waals surface area contributed by atoms with E-state index in [0.717, 1.165) is 48.9 Å². The number of nitrogens with zero attached hydrogens (tertiary/aromatic N) is 4. The fourth-order valence-corrected chi connectivity index (χ4v) is 4.68. The minimum atomic E-state index is -0.0682. The van der Waals surface area contributed by atoms with Crippen LogP contribution in [-0.2, 0) is 6.42 Å². The van der Waals surface area contributed by atoms with Crippen LogP contribution in [0.25, 0.3) is 0 Å². The number of aromatic nitrogens is 2.